The van der Waals surface area contributed by atoms with Gasteiger partial charge >= 0.3 is 6.18 Å². The molecular weight excluding hydrogens is 393 g/mol. The Bertz CT molecular complexity index is 711. The summed E-state index contributed by atoms with van der Waals surface area (Å²) in [4.78, 5) is 12.5. The minimum atomic E-state index is -4.45. The summed E-state index contributed by atoms with van der Waals surface area (Å²) < 4.78 is 38.3. The number of hydrogen-bond donors (Lipinski definition) is 2. The number of hydrogen-bond acceptors (Lipinski definition) is 4. The van der Waals surface area contributed by atoms with Crippen LogP contribution in [0.1, 0.15) is 18.4 Å². The number of pyridine rings is 1. The van der Waals surface area contributed by atoms with Crippen molar-refractivity contribution in [1.29, 1.82) is 0 Å². The fourth-order valence-corrected chi connectivity index (χ4v) is 4.00. The fourth-order valence-electron chi connectivity index (χ4n) is 3.71. The Hall–Kier alpha value is -1.74. The van der Waals surface area contributed by atoms with Gasteiger partial charge in [-0.3, -0.25) is 4.99 Å². The summed E-state index contributed by atoms with van der Waals surface area (Å²) in [7, 11) is 3.86. The second-order valence-electron chi connectivity index (χ2n) is 7.47. The Labute approximate surface area is 168 Å². The second kappa shape index (κ2) is 8.73. The number of halogens is 4. The lowest BCUT2D eigenvalue weighted by atomic mass is 10.1. The molecule has 10 heteroatoms. The molecule has 156 valence electrons. The molecule has 3 rings (SSSR count). The molecule has 2 fully saturated rings. The zero-order valence-corrected chi connectivity index (χ0v) is 16.8. The van der Waals surface area contributed by atoms with Crippen molar-refractivity contribution in [2.24, 2.45) is 10.9 Å². The van der Waals surface area contributed by atoms with Crippen molar-refractivity contribution in [2.45, 2.75) is 25.1 Å². The maximum atomic E-state index is 12.8. The van der Waals surface area contributed by atoms with Crippen molar-refractivity contribution in [2.75, 3.05) is 51.7 Å². The first-order valence-corrected chi connectivity index (χ1v) is 9.77. The largest absolute Gasteiger partial charge is 0.417 e. The van der Waals surface area contributed by atoms with Crippen LogP contribution in [0.15, 0.2) is 17.3 Å². The first-order chi connectivity index (χ1) is 13.3. The summed E-state index contributed by atoms with van der Waals surface area (Å²) in [5.74, 6) is 1.74. The molecule has 1 aromatic rings. The van der Waals surface area contributed by atoms with E-state index < -0.39 is 11.7 Å². The SMILES string of the molecule is CN=C(NCC1CCN(C)C1)NC1CCN(c2ncc(C(F)(F)F)cc2Cl)C1. The average Bonchev–Trinajstić information content (AvgIpc) is 3.26. The highest BCUT2D eigenvalue weighted by atomic mass is 35.5. The van der Waals surface area contributed by atoms with E-state index in [4.69, 9.17) is 11.6 Å². The molecule has 2 N–H and O–H groups in total. The first kappa shape index (κ1) is 21.0. The van der Waals surface area contributed by atoms with Gasteiger partial charge in [-0.05, 0) is 38.4 Å². The average molecular weight is 419 g/mol. The van der Waals surface area contributed by atoms with E-state index in [2.05, 4.69) is 32.6 Å². The fraction of sp³-hybridized carbons (Fsp3) is 0.667. The van der Waals surface area contributed by atoms with Gasteiger partial charge in [-0.2, -0.15) is 13.2 Å². The lowest BCUT2D eigenvalue weighted by Gasteiger charge is -2.21. The molecule has 2 atom stereocenters. The number of aliphatic imine (C=N–C) groups is 1. The molecule has 0 aliphatic carbocycles. The van der Waals surface area contributed by atoms with Crippen LogP contribution in [-0.4, -0.2) is 68.7 Å². The maximum Gasteiger partial charge on any atom is 0.417 e. The van der Waals surface area contributed by atoms with Crippen LogP contribution in [0.5, 0.6) is 0 Å². The van der Waals surface area contributed by atoms with Crippen LogP contribution in [0.2, 0.25) is 5.02 Å². The van der Waals surface area contributed by atoms with E-state index in [1.807, 2.05) is 4.90 Å². The lowest BCUT2D eigenvalue weighted by Crippen LogP contribution is -2.46. The van der Waals surface area contributed by atoms with Gasteiger partial charge in [0.1, 0.15) is 5.82 Å². The zero-order chi connectivity index (χ0) is 20.3. The molecule has 3 heterocycles. The van der Waals surface area contributed by atoms with Crippen LogP contribution in [0.4, 0.5) is 19.0 Å². The van der Waals surface area contributed by atoms with Gasteiger partial charge in [0.15, 0.2) is 5.96 Å². The number of nitrogens with one attached hydrogen (secondary N) is 2. The van der Waals surface area contributed by atoms with Crippen molar-refractivity contribution < 1.29 is 13.2 Å². The molecule has 2 saturated heterocycles. The van der Waals surface area contributed by atoms with Crippen LogP contribution >= 0.6 is 11.6 Å². The predicted molar refractivity (Wildman–Crippen MR) is 105 cm³/mol. The number of rotatable bonds is 4. The number of anilines is 1. The van der Waals surface area contributed by atoms with Crippen LogP contribution in [0, 0.1) is 5.92 Å². The number of nitrogens with zero attached hydrogens (tertiary/aromatic N) is 4. The van der Waals surface area contributed by atoms with Crippen molar-refractivity contribution in [3.8, 4) is 0 Å². The third-order valence-corrected chi connectivity index (χ3v) is 5.53. The van der Waals surface area contributed by atoms with Gasteiger partial charge < -0.3 is 20.4 Å². The third-order valence-electron chi connectivity index (χ3n) is 5.25. The smallest absolute Gasteiger partial charge is 0.356 e. The van der Waals surface area contributed by atoms with Gasteiger partial charge in [0.05, 0.1) is 10.6 Å². The molecule has 0 radical (unpaired) electrons. The van der Waals surface area contributed by atoms with Crippen molar-refractivity contribution in [3.63, 3.8) is 0 Å². The first-order valence-electron chi connectivity index (χ1n) is 9.39. The minimum absolute atomic E-state index is 0.0170. The van der Waals surface area contributed by atoms with Gasteiger partial charge in [0.2, 0.25) is 0 Å². The molecule has 2 aliphatic heterocycles. The van der Waals surface area contributed by atoms with E-state index in [1.165, 1.54) is 6.42 Å². The second-order valence-corrected chi connectivity index (χ2v) is 7.88. The van der Waals surface area contributed by atoms with Crippen molar-refractivity contribution in [3.05, 3.63) is 22.8 Å². The molecule has 0 amide bonds. The van der Waals surface area contributed by atoms with Gasteiger partial charge in [0, 0.05) is 45.5 Å². The number of aromatic nitrogens is 1. The quantitative estimate of drug-likeness (QED) is 0.581. The van der Waals surface area contributed by atoms with Crippen LogP contribution in [0.25, 0.3) is 0 Å². The molecule has 1 aromatic heterocycles. The lowest BCUT2D eigenvalue weighted by molar-refractivity contribution is -0.137. The van der Waals surface area contributed by atoms with E-state index in [0.29, 0.717) is 24.8 Å². The summed E-state index contributed by atoms with van der Waals surface area (Å²) in [6.45, 7) is 4.34. The van der Waals surface area contributed by atoms with Gasteiger partial charge in [-0.1, -0.05) is 11.6 Å². The molecule has 2 aliphatic rings. The molecule has 0 saturated carbocycles. The Morgan fingerprint density at radius 3 is 2.71 bits per heavy atom. The number of guanidine groups is 1. The monoisotopic (exact) mass is 418 g/mol. The van der Waals surface area contributed by atoms with E-state index in [-0.39, 0.29) is 11.1 Å². The molecule has 6 nitrogen and oxygen atoms in total. The van der Waals surface area contributed by atoms with Crippen molar-refractivity contribution >= 4 is 23.4 Å². The molecule has 2 unspecified atom stereocenters. The Morgan fingerprint density at radius 2 is 2.11 bits per heavy atom. The van der Waals surface area contributed by atoms with E-state index >= 15 is 0 Å². The van der Waals surface area contributed by atoms with Crippen LogP contribution in [0.3, 0.4) is 0 Å². The summed E-state index contributed by atoms with van der Waals surface area (Å²) >= 11 is 6.07. The molecular formula is C18H26ClF3N6. The highest BCUT2D eigenvalue weighted by Crippen LogP contribution is 2.34. The maximum absolute atomic E-state index is 12.8. The standard InChI is InChI=1S/C18H26ClF3N6/c1-23-17(25-8-12-3-5-27(2)10-12)26-14-4-6-28(11-14)16-15(19)7-13(9-24-16)18(20,21)22/h7,9,12,14H,3-6,8,10-11H2,1-2H3,(H2,23,25,26). The summed E-state index contributed by atoms with van der Waals surface area (Å²) in [5.41, 5.74) is -0.836. The summed E-state index contributed by atoms with van der Waals surface area (Å²) in [5, 5.41) is 6.78. The van der Waals surface area contributed by atoms with Gasteiger partial charge in [-0.15, -0.1) is 0 Å². The van der Waals surface area contributed by atoms with Crippen molar-refractivity contribution in [1.82, 2.24) is 20.5 Å². The normalized spacial score (nSPS) is 24.1. The zero-order valence-electron chi connectivity index (χ0n) is 16.1. The van der Waals surface area contributed by atoms with Gasteiger partial charge in [-0.25, -0.2) is 4.98 Å². The summed E-state index contributed by atoms with van der Waals surface area (Å²) in [6.07, 6.45) is -1.61. The highest BCUT2D eigenvalue weighted by molar-refractivity contribution is 6.33. The van der Waals surface area contributed by atoms with Gasteiger partial charge in [0.25, 0.3) is 0 Å². The Balaban J connectivity index is 1.53. The molecule has 0 aromatic carbocycles. The minimum Gasteiger partial charge on any atom is -0.356 e. The number of likely N-dealkylation sites (tertiary alicyclic amines) is 1. The van der Waals surface area contributed by atoms with E-state index in [0.717, 1.165) is 44.3 Å². The third kappa shape index (κ3) is 5.20. The van der Waals surface area contributed by atoms with Crippen LogP contribution < -0.4 is 15.5 Å². The molecule has 0 spiro atoms. The summed E-state index contributed by atoms with van der Waals surface area (Å²) in [6, 6.07) is 1.06. The number of alkyl halides is 3. The topological polar surface area (TPSA) is 55.8 Å². The highest BCUT2D eigenvalue weighted by Gasteiger charge is 2.33. The molecule has 28 heavy (non-hydrogen) atoms. The predicted octanol–water partition coefficient (Wildman–Crippen LogP) is 2.45. The van der Waals surface area contributed by atoms with Crippen LogP contribution in [-0.2, 0) is 6.18 Å². The Morgan fingerprint density at radius 1 is 1.32 bits per heavy atom. The van der Waals surface area contributed by atoms with E-state index in [9.17, 15) is 13.2 Å². The molecule has 0 bridgehead atoms. The van der Waals surface area contributed by atoms with E-state index in [1.54, 1.807) is 7.05 Å². The Kier molecular flexibility index (Phi) is 6.54.